The van der Waals surface area contributed by atoms with Crippen LogP contribution in [0.25, 0.3) is 0 Å². The fourth-order valence-electron chi connectivity index (χ4n) is 0.504. The topological polar surface area (TPSA) is 49.7 Å². The van der Waals surface area contributed by atoms with E-state index in [1.165, 1.54) is 0 Å². The smallest absolute Gasteiger partial charge is 0.0771 e. The van der Waals surface area contributed by atoms with Crippen LogP contribution >= 0.6 is 0 Å². The molecule has 0 aliphatic rings. The van der Waals surface area contributed by atoms with E-state index in [0.29, 0.717) is 19.6 Å². The van der Waals surface area contributed by atoms with Crippen LogP contribution in [0.5, 0.6) is 0 Å². The first-order valence-corrected chi connectivity index (χ1v) is 3.68. The van der Waals surface area contributed by atoms with Crippen LogP contribution in [0.4, 0.5) is 0 Å². The number of rotatable bonds is 6. The monoisotopic (exact) mass is 148 g/mol. The van der Waals surface area contributed by atoms with Crippen LogP contribution in [0.3, 0.4) is 0 Å². The van der Waals surface area contributed by atoms with Gasteiger partial charge in [0.2, 0.25) is 0 Å². The van der Waals surface area contributed by atoms with Crippen molar-refractivity contribution in [1.29, 1.82) is 0 Å². The van der Waals surface area contributed by atoms with Crippen LogP contribution < -0.4 is 0 Å². The van der Waals surface area contributed by atoms with Crippen LogP contribution in [0, 0.1) is 0 Å². The Kier molecular flexibility index (Phi) is 6.91. The fourth-order valence-corrected chi connectivity index (χ4v) is 0.504. The summed E-state index contributed by atoms with van der Waals surface area (Å²) in [5.41, 5.74) is 0. The molecule has 0 aliphatic carbocycles. The van der Waals surface area contributed by atoms with Crippen molar-refractivity contribution in [2.75, 3.05) is 19.8 Å². The molecule has 2 N–H and O–H groups in total. The third kappa shape index (κ3) is 6.01. The van der Waals surface area contributed by atoms with Crippen molar-refractivity contribution >= 4 is 0 Å². The highest BCUT2D eigenvalue weighted by molar-refractivity contribution is 4.47. The van der Waals surface area contributed by atoms with Crippen LogP contribution in [0.1, 0.15) is 19.8 Å². The van der Waals surface area contributed by atoms with Gasteiger partial charge in [-0.25, -0.2) is 0 Å². The molecule has 0 radical (unpaired) electrons. The second-order valence-corrected chi connectivity index (χ2v) is 2.21. The van der Waals surface area contributed by atoms with Gasteiger partial charge >= 0.3 is 0 Å². The first-order valence-electron chi connectivity index (χ1n) is 3.68. The first kappa shape index (κ1) is 9.88. The Labute approximate surface area is 61.6 Å². The number of aliphatic hydroxyl groups is 2. The molecule has 10 heavy (non-hydrogen) atoms. The van der Waals surface area contributed by atoms with Crippen molar-refractivity contribution in [3.63, 3.8) is 0 Å². The normalized spacial score (nSPS) is 13.5. The zero-order valence-electron chi connectivity index (χ0n) is 6.42. The summed E-state index contributed by atoms with van der Waals surface area (Å²) in [6.45, 7) is 2.98. The molecule has 0 aromatic rings. The van der Waals surface area contributed by atoms with E-state index in [2.05, 4.69) is 0 Å². The average Bonchev–Trinajstić information content (AvgIpc) is 1.98. The summed E-state index contributed by atoms with van der Waals surface area (Å²) >= 11 is 0. The molecule has 0 saturated carbocycles. The van der Waals surface area contributed by atoms with Gasteiger partial charge in [-0.15, -0.1) is 0 Å². The van der Waals surface area contributed by atoms with Crippen molar-refractivity contribution in [2.45, 2.75) is 25.9 Å². The van der Waals surface area contributed by atoms with E-state index in [0.717, 1.165) is 6.42 Å². The molecule has 0 rings (SSSR count). The Morgan fingerprint density at radius 2 is 2.20 bits per heavy atom. The highest BCUT2D eigenvalue weighted by Crippen LogP contribution is 1.91. The molecule has 1 unspecified atom stereocenters. The third-order valence-electron chi connectivity index (χ3n) is 1.23. The summed E-state index contributed by atoms with van der Waals surface area (Å²) in [6, 6.07) is 0. The molecular formula is C7H16O3. The second-order valence-electron chi connectivity index (χ2n) is 2.21. The average molecular weight is 148 g/mol. The molecular weight excluding hydrogens is 132 g/mol. The predicted octanol–water partition coefficient (Wildman–Crippen LogP) is 0.156. The van der Waals surface area contributed by atoms with Crippen LogP contribution in [0.2, 0.25) is 0 Å². The van der Waals surface area contributed by atoms with Gasteiger partial charge in [-0.1, -0.05) is 6.92 Å². The summed E-state index contributed by atoms with van der Waals surface area (Å²) in [4.78, 5) is 0. The second kappa shape index (κ2) is 6.99. The SMILES string of the molecule is CCC(O)COCCCO. The zero-order chi connectivity index (χ0) is 7.82. The lowest BCUT2D eigenvalue weighted by Crippen LogP contribution is -2.14. The summed E-state index contributed by atoms with van der Waals surface area (Å²) in [6.07, 6.45) is 1.02. The Hall–Kier alpha value is -0.120. The minimum atomic E-state index is -0.348. The van der Waals surface area contributed by atoms with E-state index < -0.39 is 0 Å². The van der Waals surface area contributed by atoms with Gasteiger partial charge in [0.25, 0.3) is 0 Å². The molecule has 0 spiro atoms. The van der Waals surface area contributed by atoms with Gasteiger partial charge < -0.3 is 14.9 Å². The maximum absolute atomic E-state index is 8.97. The van der Waals surface area contributed by atoms with Crippen LogP contribution in [0.15, 0.2) is 0 Å². The first-order chi connectivity index (χ1) is 4.81. The highest BCUT2D eigenvalue weighted by atomic mass is 16.5. The van der Waals surface area contributed by atoms with E-state index >= 15 is 0 Å². The number of ether oxygens (including phenoxy) is 1. The van der Waals surface area contributed by atoms with Crippen molar-refractivity contribution in [3.05, 3.63) is 0 Å². The molecule has 62 valence electrons. The Morgan fingerprint density at radius 1 is 1.50 bits per heavy atom. The van der Waals surface area contributed by atoms with Gasteiger partial charge in [0.05, 0.1) is 12.7 Å². The lowest BCUT2D eigenvalue weighted by molar-refractivity contribution is 0.0297. The maximum Gasteiger partial charge on any atom is 0.0771 e. The summed E-state index contributed by atoms with van der Waals surface area (Å²) in [5, 5.41) is 17.3. The molecule has 3 heteroatoms. The fraction of sp³-hybridized carbons (Fsp3) is 1.00. The van der Waals surface area contributed by atoms with Gasteiger partial charge in [0.15, 0.2) is 0 Å². The number of hydrogen-bond acceptors (Lipinski definition) is 3. The largest absolute Gasteiger partial charge is 0.396 e. The maximum atomic E-state index is 8.97. The van der Waals surface area contributed by atoms with Crippen molar-refractivity contribution < 1.29 is 14.9 Å². The zero-order valence-corrected chi connectivity index (χ0v) is 6.42. The molecule has 0 aromatic heterocycles. The lowest BCUT2D eigenvalue weighted by Gasteiger charge is -2.07. The van der Waals surface area contributed by atoms with E-state index in [9.17, 15) is 0 Å². The van der Waals surface area contributed by atoms with E-state index in [-0.39, 0.29) is 12.7 Å². The predicted molar refractivity (Wildman–Crippen MR) is 38.8 cm³/mol. The van der Waals surface area contributed by atoms with Crippen molar-refractivity contribution in [3.8, 4) is 0 Å². The molecule has 0 bridgehead atoms. The molecule has 3 nitrogen and oxygen atoms in total. The van der Waals surface area contributed by atoms with E-state index in [4.69, 9.17) is 14.9 Å². The van der Waals surface area contributed by atoms with Gasteiger partial charge in [-0.05, 0) is 12.8 Å². The third-order valence-corrected chi connectivity index (χ3v) is 1.23. The minimum absolute atomic E-state index is 0.155. The van der Waals surface area contributed by atoms with Crippen LogP contribution in [-0.4, -0.2) is 36.1 Å². The number of aliphatic hydroxyl groups excluding tert-OH is 2. The van der Waals surface area contributed by atoms with Crippen molar-refractivity contribution in [1.82, 2.24) is 0 Å². The molecule has 0 aliphatic heterocycles. The summed E-state index contributed by atoms with van der Waals surface area (Å²) in [5.74, 6) is 0. The van der Waals surface area contributed by atoms with Gasteiger partial charge in [-0.2, -0.15) is 0 Å². The standard InChI is InChI=1S/C7H16O3/c1-2-7(9)6-10-5-3-4-8/h7-9H,2-6H2,1H3. The van der Waals surface area contributed by atoms with Gasteiger partial charge in [0.1, 0.15) is 0 Å². The molecule has 0 fully saturated rings. The molecule has 0 heterocycles. The van der Waals surface area contributed by atoms with Crippen molar-refractivity contribution in [2.24, 2.45) is 0 Å². The van der Waals surface area contributed by atoms with E-state index in [1.54, 1.807) is 0 Å². The molecule has 0 saturated heterocycles. The summed E-state index contributed by atoms with van der Waals surface area (Å²) < 4.78 is 5.02. The Bertz CT molecular complexity index is 65.9. The minimum Gasteiger partial charge on any atom is -0.396 e. The number of hydrogen-bond donors (Lipinski definition) is 2. The quantitative estimate of drug-likeness (QED) is 0.527. The molecule has 0 aromatic carbocycles. The Morgan fingerprint density at radius 3 is 2.70 bits per heavy atom. The van der Waals surface area contributed by atoms with Gasteiger partial charge in [-0.3, -0.25) is 0 Å². The van der Waals surface area contributed by atoms with Gasteiger partial charge in [0, 0.05) is 13.2 Å². The highest BCUT2D eigenvalue weighted by Gasteiger charge is 1.98. The molecule has 0 amide bonds. The Balaban J connectivity index is 2.89. The van der Waals surface area contributed by atoms with E-state index in [1.807, 2.05) is 6.92 Å². The summed E-state index contributed by atoms with van der Waals surface area (Å²) in [7, 11) is 0. The van der Waals surface area contributed by atoms with Crippen LogP contribution in [-0.2, 0) is 4.74 Å². The lowest BCUT2D eigenvalue weighted by atomic mass is 10.3. The molecule has 1 atom stereocenters.